The predicted octanol–water partition coefficient (Wildman–Crippen LogP) is 3.45. The van der Waals surface area contributed by atoms with Gasteiger partial charge in [-0.2, -0.15) is 0 Å². The summed E-state index contributed by atoms with van der Waals surface area (Å²) in [6, 6.07) is 19.6. The first-order valence-corrected chi connectivity index (χ1v) is 12.9. The van der Waals surface area contributed by atoms with Crippen molar-refractivity contribution >= 4 is 41.0 Å². The zero-order valence-corrected chi connectivity index (χ0v) is 22.5. The van der Waals surface area contributed by atoms with Gasteiger partial charge in [0.15, 0.2) is 12.4 Å². The number of amides is 2. The van der Waals surface area contributed by atoms with Crippen molar-refractivity contribution in [1.29, 1.82) is 0 Å². The summed E-state index contributed by atoms with van der Waals surface area (Å²) in [5.41, 5.74) is 7.32. The highest BCUT2D eigenvalue weighted by Gasteiger charge is 2.45. The third-order valence-corrected chi connectivity index (χ3v) is 6.65. The number of rotatable bonds is 12. The van der Waals surface area contributed by atoms with Crippen LogP contribution >= 0.6 is 23.2 Å². The Balaban J connectivity index is 1.37. The Bertz CT molecular complexity index is 1320. The maximum Gasteiger partial charge on any atom is 0.326 e. The molecule has 12 heteroatoms. The summed E-state index contributed by atoms with van der Waals surface area (Å²) in [4.78, 5) is 36.6. The minimum atomic E-state index is -1.52. The number of nitrogens with two attached hydrogens (primary N) is 1. The molecule has 0 aromatic heterocycles. The highest BCUT2D eigenvalue weighted by molar-refractivity contribution is 6.35. The summed E-state index contributed by atoms with van der Waals surface area (Å²) in [5, 5.41) is 13.2. The van der Waals surface area contributed by atoms with Crippen LogP contribution in [-0.4, -0.2) is 47.6 Å². The van der Waals surface area contributed by atoms with Gasteiger partial charge >= 0.3 is 5.97 Å². The molecular formula is C28H26Cl2N2O8. The maximum absolute atomic E-state index is 13.0. The van der Waals surface area contributed by atoms with Crippen molar-refractivity contribution in [3.63, 3.8) is 0 Å². The number of nitrogens with one attached hydrogen (secondary N) is 1. The zero-order valence-electron chi connectivity index (χ0n) is 21.0. The van der Waals surface area contributed by atoms with E-state index in [2.05, 4.69) is 5.32 Å². The standard InChI is InChI=1S/C28H26Cl2N2O8/c29-20-7-4-8-21(30)19(20)15-37-18-11-9-16(10-12-18)13-22(26(35)36)32-25(34)23-27(40-28(39-23)24(31)33)38-14-17-5-2-1-3-6-17/h1-12,22-23,27-28H,13-15H2,(H2,31,33)(H,32,34)(H,35,36). The Kier molecular flexibility index (Phi) is 9.97. The van der Waals surface area contributed by atoms with Crippen LogP contribution in [0.4, 0.5) is 0 Å². The molecule has 1 heterocycles. The molecule has 3 aromatic rings. The van der Waals surface area contributed by atoms with Crippen LogP contribution in [0.5, 0.6) is 5.75 Å². The van der Waals surface area contributed by atoms with E-state index in [0.717, 1.165) is 5.56 Å². The van der Waals surface area contributed by atoms with E-state index in [1.165, 1.54) is 0 Å². The second-order valence-electron chi connectivity index (χ2n) is 8.83. The highest BCUT2D eigenvalue weighted by Crippen LogP contribution is 2.26. The van der Waals surface area contributed by atoms with Crippen molar-refractivity contribution in [1.82, 2.24) is 5.32 Å². The van der Waals surface area contributed by atoms with Crippen LogP contribution in [0.1, 0.15) is 16.7 Å². The number of primary amides is 1. The number of ether oxygens (including phenoxy) is 4. The number of aliphatic carboxylic acids is 1. The van der Waals surface area contributed by atoms with Crippen molar-refractivity contribution in [3.05, 3.63) is 99.5 Å². The predicted molar refractivity (Wildman–Crippen MR) is 144 cm³/mol. The van der Waals surface area contributed by atoms with Gasteiger partial charge in [-0.05, 0) is 35.4 Å². The lowest BCUT2D eigenvalue weighted by atomic mass is 10.1. The van der Waals surface area contributed by atoms with Gasteiger partial charge in [-0.3, -0.25) is 9.59 Å². The molecule has 210 valence electrons. The van der Waals surface area contributed by atoms with Gasteiger partial charge in [-0.1, -0.05) is 71.7 Å². The van der Waals surface area contributed by atoms with Gasteiger partial charge in [0.1, 0.15) is 18.4 Å². The summed E-state index contributed by atoms with van der Waals surface area (Å²) < 4.78 is 22.1. The maximum atomic E-state index is 13.0. The third kappa shape index (κ3) is 7.71. The average Bonchev–Trinajstić information content (AvgIpc) is 3.37. The minimum Gasteiger partial charge on any atom is -0.489 e. The molecule has 0 spiro atoms. The number of carboxylic acid groups (broad SMARTS) is 1. The van der Waals surface area contributed by atoms with E-state index < -0.39 is 42.5 Å². The summed E-state index contributed by atoms with van der Waals surface area (Å²) >= 11 is 12.3. The number of hydrogen-bond donors (Lipinski definition) is 3. The molecule has 40 heavy (non-hydrogen) atoms. The van der Waals surface area contributed by atoms with Crippen LogP contribution in [0.3, 0.4) is 0 Å². The van der Waals surface area contributed by atoms with Gasteiger partial charge in [0.05, 0.1) is 6.61 Å². The highest BCUT2D eigenvalue weighted by atomic mass is 35.5. The minimum absolute atomic E-state index is 0.0416. The van der Waals surface area contributed by atoms with E-state index in [9.17, 15) is 19.5 Å². The summed E-state index contributed by atoms with van der Waals surface area (Å²) in [5.74, 6) is -2.53. The molecule has 4 N–H and O–H groups in total. The van der Waals surface area contributed by atoms with E-state index in [1.54, 1.807) is 54.6 Å². The second kappa shape index (κ2) is 13.6. The van der Waals surface area contributed by atoms with E-state index in [-0.39, 0.29) is 19.6 Å². The molecule has 3 aromatic carbocycles. The molecule has 4 rings (SSSR count). The summed E-state index contributed by atoms with van der Waals surface area (Å²) in [6.07, 6.45) is -4.27. The van der Waals surface area contributed by atoms with Gasteiger partial charge in [0.2, 0.25) is 6.29 Å². The summed E-state index contributed by atoms with van der Waals surface area (Å²) in [7, 11) is 0. The fraction of sp³-hybridized carbons (Fsp3) is 0.250. The molecule has 0 radical (unpaired) electrons. The van der Waals surface area contributed by atoms with Crippen LogP contribution in [0.2, 0.25) is 10.0 Å². The summed E-state index contributed by atoms with van der Waals surface area (Å²) in [6.45, 7) is 0.207. The SMILES string of the molecule is NC(=O)C1OC(OCc2ccccc2)C(C(=O)NC(Cc2ccc(OCc3c(Cl)cccc3Cl)cc2)C(=O)O)O1. The van der Waals surface area contributed by atoms with Crippen LogP contribution < -0.4 is 15.8 Å². The Labute approximate surface area is 239 Å². The van der Waals surface area contributed by atoms with E-state index in [1.807, 2.05) is 18.2 Å². The molecule has 1 aliphatic rings. The van der Waals surface area contributed by atoms with E-state index >= 15 is 0 Å². The quantitative estimate of drug-likeness (QED) is 0.291. The van der Waals surface area contributed by atoms with Crippen molar-refractivity contribution in [2.75, 3.05) is 0 Å². The largest absolute Gasteiger partial charge is 0.489 e. The van der Waals surface area contributed by atoms with Crippen LogP contribution in [-0.2, 0) is 48.2 Å². The zero-order chi connectivity index (χ0) is 28.6. The molecule has 4 unspecified atom stereocenters. The number of hydrogen-bond acceptors (Lipinski definition) is 7. The Morgan fingerprint density at radius 3 is 2.20 bits per heavy atom. The molecule has 2 amide bonds. The lowest BCUT2D eigenvalue weighted by Crippen LogP contribution is -2.49. The topological polar surface area (TPSA) is 146 Å². The van der Waals surface area contributed by atoms with E-state index in [0.29, 0.717) is 26.9 Å². The number of carboxylic acids is 1. The first kappa shape index (κ1) is 29.3. The molecule has 10 nitrogen and oxygen atoms in total. The molecule has 4 atom stereocenters. The number of carbonyl (C=O) groups excluding carboxylic acids is 2. The lowest BCUT2D eigenvalue weighted by molar-refractivity contribution is -0.167. The first-order chi connectivity index (χ1) is 19.2. The van der Waals surface area contributed by atoms with Gasteiger partial charge in [-0.25, -0.2) is 4.79 Å². The van der Waals surface area contributed by atoms with Crippen LogP contribution in [0.25, 0.3) is 0 Å². The molecule has 1 aliphatic heterocycles. The first-order valence-electron chi connectivity index (χ1n) is 12.1. The van der Waals surface area contributed by atoms with Gasteiger partial charge in [0, 0.05) is 22.0 Å². The Hall–Kier alpha value is -3.67. The molecule has 0 bridgehead atoms. The molecule has 0 saturated carbocycles. The normalized spacial score (nSPS) is 19.1. The van der Waals surface area contributed by atoms with E-state index in [4.69, 9.17) is 47.9 Å². The van der Waals surface area contributed by atoms with Gasteiger partial charge in [0.25, 0.3) is 11.8 Å². The van der Waals surface area contributed by atoms with Crippen molar-refractivity contribution < 1.29 is 38.4 Å². The second-order valence-corrected chi connectivity index (χ2v) is 9.64. The Morgan fingerprint density at radius 2 is 1.57 bits per heavy atom. The fourth-order valence-corrected chi connectivity index (χ4v) is 4.37. The smallest absolute Gasteiger partial charge is 0.326 e. The Morgan fingerprint density at radius 1 is 0.900 bits per heavy atom. The fourth-order valence-electron chi connectivity index (χ4n) is 3.86. The molecule has 0 aliphatic carbocycles. The van der Waals surface area contributed by atoms with Crippen molar-refractivity contribution in [2.24, 2.45) is 5.73 Å². The monoisotopic (exact) mass is 588 g/mol. The molecule has 1 fully saturated rings. The van der Waals surface area contributed by atoms with Gasteiger partial charge in [-0.15, -0.1) is 0 Å². The van der Waals surface area contributed by atoms with Crippen LogP contribution in [0, 0.1) is 0 Å². The van der Waals surface area contributed by atoms with Gasteiger partial charge < -0.3 is 35.1 Å². The molecule has 1 saturated heterocycles. The van der Waals surface area contributed by atoms with Crippen molar-refractivity contribution in [3.8, 4) is 5.75 Å². The number of carbonyl (C=O) groups is 3. The van der Waals surface area contributed by atoms with Crippen molar-refractivity contribution in [2.45, 2.75) is 44.4 Å². The third-order valence-electron chi connectivity index (χ3n) is 5.95. The number of halogens is 2. The molecular weight excluding hydrogens is 563 g/mol. The number of benzene rings is 3. The average molecular weight is 589 g/mol. The lowest BCUT2D eigenvalue weighted by Gasteiger charge is -2.20. The van der Waals surface area contributed by atoms with Crippen LogP contribution in [0.15, 0.2) is 72.8 Å².